The molecule has 0 radical (unpaired) electrons. The fraction of sp³-hybridized carbons (Fsp3) is 0.933. The lowest BCUT2D eigenvalue weighted by molar-refractivity contribution is 0.0218. The third-order valence-corrected chi connectivity index (χ3v) is 4.38. The lowest BCUT2D eigenvalue weighted by atomic mass is 9.70. The molecule has 4 nitrogen and oxygen atoms in total. The second kappa shape index (κ2) is 5.31. The monoisotopic (exact) mass is 271 g/mol. The van der Waals surface area contributed by atoms with E-state index in [2.05, 4.69) is 27.7 Å². The summed E-state index contributed by atoms with van der Waals surface area (Å²) in [6.07, 6.45) is -0.816. The van der Waals surface area contributed by atoms with Gasteiger partial charge in [0.05, 0.1) is 12.6 Å². The van der Waals surface area contributed by atoms with Crippen molar-refractivity contribution in [1.82, 2.24) is 4.90 Å². The lowest BCUT2D eigenvalue weighted by Crippen LogP contribution is -2.40. The highest BCUT2D eigenvalue weighted by Crippen LogP contribution is 2.41. The summed E-state index contributed by atoms with van der Waals surface area (Å²) in [4.78, 5) is 13.7. The van der Waals surface area contributed by atoms with Crippen LogP contribution in [-0.4, -0.2) is 40.9 Å². The van der Waals surface area contributed by atoms with Gasteiger partial charge in [0.15, 0.2) is 0 Å². The van der Waals surface area contributed by atoms with Crippen LogP contribution in [0.25, 0.3) is 0 Å². The normalized spacial score (nSPS) is 29.7. The molecule has 0 unspecified atom stereocenters. The van der Waals surface area contributed by atoms with E-state index in [9.17, 15) is 9.90 Å². The van der Waals surface area contributed by atoms with Crippen molar-refractivity contribution in [3.63, 3.8) is 0 Å². The quantitative estimate of drug-likeness (QED) is 0.840. The first-order valence-electron chi connectivity index (χ1n) is 7.13. The predicted molar refractivity (Wildman–Crippen MR) is 75.9 cm³/mol. The zero-order chi connectivity index (χ0) is 15.0. The number of aliphatic hydroxyl groups excluding tert-OH is 1. The maximum absolute atomic E-state index is 12.1. The van der Waals surface area contributed by atoms with E-state index in [1.54, 1.807) is 4.90 Å². The van der Waals surface area contributed by atoms with E-state index >= 15 is 0 Å². The van der Waals surface area contributed by atoms with Crippen molar-refractivity contribution in [3.05, 3.63) is 0 Å². The van der Waals surface area contributed by atoms with Crippen LogP contribution in [0.4, 0.5) is 4.79 Å². The molecule has 1 N–H and O–H groups in total. The van der Waals surface area contributed by atoms with Crippen LogP contribution in [0, 0.1) is 17.3 Å². The first kappa shape index (κ1) is 16.3. The number of rotatable bonds is 2. The maximum atomic E-state index is 12.1. The van der Waals surface area contributed by atoms with Gasteiger partial charge in [0.1, 0.15) is 5.60 Å². The number of carbonyl (C=O) groups is 1. The van der Waals surface area contributed by atoms with Crippen LogP contribution in [0.15, 0.2) is 0 Å². The summed E-state index contributed by atoms with van der Waals surface area (Å²) in [7, 11) is 0. The van der Waals surface area contributed by atoms with Crippen LogP contribution in [0.1, 0.15) is 48.5 Å². The first-order valence-corrected chi connectivity index (χ1v) is 7.13. The average Bonchev–Trinajstić information content (AvgIpc) is 2.53. The van der Waals surface area contributed by atoms with Gasteiger partial charge >= 0.3 is 6.09 Å². The fourth-order valence-corrected chi connectivity index (χ4v) is 2.67. The number of aliphatic hydroxyl groups is 1. The Kier molecular flexibility index (Phi) is 4.55. The number of amides is 1. The largest absolute Gasteiger partial charge is 0.444 e. The number of hydrogen-bond acceptors (Lipinski definition) is 3. The van der Waals surface area contributed by atoms with Gasteiger partial charge in [0.2, 0.25) is 0 Å². The molecule has 1 amide bonds. The molecule has 1 rings (SSSR count). The van der Waals surface area contributed by atoms with Crippen LogP contribution < -0.4 is 0 Å². The Hall–Kier alpha value is -0.770. The summed E-state index contributed by atoms with van der Waals surface area (Å²) in [5.41, 5.74) is -0.754. The summed E-state index contributed by atoms with van der Waals surface area (Å²) in [5.74, 6) is 0.813. The second-order valence-electron chi connectivity index (χ2n) is 7.42. The van der Waals surface area contributed by atoms with Crippen molar-refractivity contribution >= 4 is 6.09 Å². The van der Waals surface area contributed by atoms with Crippen LogP contribution >= 0.6 is 0 Å². The molecule has 1 aliphatic heterocycles. The van der Waals surface area contributed by atoms with E-state index in [1.165, 1.54) is 0 Å². The van der Waals surface area contributed by atoms with E-state index < -0.39 is 11.7 Å². The molecule has 0 aromatic carbocycles. The minimum atomic E-state index is -0.495. The number of hydrogen-bond donors (Lipinski definition) is 1. The van der Waals surface area contributed by atoms with Gasteiger partial charge < -0.3 is 14.7 Å². The fourth-order valence-electron chi connectivity index (χ4n) is 2.67. The van der Waals surface area contributed by atoms with Gasteiger partial charge in [0.25, 0.3) is 0 Å². The molecule has 0 saturated carbocycles. The SMILES string of the molecule is CC(C)[C@H](C)[C@@]1(C)CN(C(=O)OC(C)(C)C)C[C@H]1O. The number of likely N-dealkylation sites (tertiary alicyclic amines) is 1. The van der Waals surface area contributed by atoms with Gasteiger partial charge in [0, 0.05) is 12.0 Å². The molecule has 0 aromatic heterocycles. The molecule has 3 atom stereocenters. The van der Waals surface area contributed by atoms with E-state index in [4.69, 9.17) is 4.74 Å². The minimum absolute atomic E-state index is 0.259. The number of β-amino-alcohol motifs (C(OH)–C–C–N with tert-alkyl or cyclic N) is 1. The third-order valence-electron chi connectivity index (χ3n) is 4.38. The summed E-state index contributed by atoms with van der Waals surface area (Å²) in [6.45, 7) is 15.0. The highest BCUT2D eigenvalue weighted by Gasteiger charge is 2.48. The van der Waals surface area contributed by atoms with Crippen molar-refractivity contribution < 1.29 is 14.6 Å². The molecule has 0 aliphatic carbocycles. The van der Waals surface area contributed by atoms with Crippen molar-refractivity contribution in [3.8, 4) is 0 Å². The summed E-state index contributed by atoms with van der Waals surface area (Å²) in [6, 6.07) is 0. The zero-order valence-electron chi connectivity index (χ0n) is 13.4. The second-order valence-corrected chi connectivity index (χ2v) is 7.42. The Bertz CT molecular complexity index is 335. The van der Waals surface area contributed by atoms with Gasteiger partial charge in [-0.25, -0.2) is 4.79 Å². The Morgan fingerprint density at radius 1 is 1.37 bits per heavy atom. The molecule has 1 aliphatic rings. The van der Waals surface area contributed by atoms with Crippen LogP contribution in [-0.2, 0) is 4.74 Å². The van der Waals surface area contributed by atoms with Crippen molar-refractivity contribution in [2.45, 2.75) is 60.2 Å². The van der Waals surface area contributed by atoms with E-state index in [0.29, 0.717) is 24.9 Å². The molecular formula is C15H29NO3. The maximum Gasteiger partial charge on any atom is 0.410 e. The van der Waals surface area contributed by atoms with Crippen LogP contribution in [0.2, 0.25) is 0 Å². The molecule has 112 valence electrons. The summed E-state index contributed by atoms with van der Waals surface area (Å²) in [5, 5.41) is 10.3. The van der Waals surface area contributed by atoms with Gasteiger partial charge in [-0.15, -0.1) is 0 Å². The molecule has 1 fully saturated rings. The van der Waals surface area contributed by atoms with Crippen LogP contribution in [0.3, 0.4) is 0 Å². The number of carbonyl (C=O) groups excluding carboxylic acids is 1. The van der Waals surface area contributed by atoms with Gasteiger partial charge in [-0.1, -0.05) is 27.7 Å². The van der Waals surface area contributed by atoms with Crippen molar-refractivity contribution in [2.75, 3.05) is 13.1 Å². The lowest BCUT2D eigenvalue weighted by Gasteiger charge is -2.36. The summed E-state index contributed by atoms with van der Waals surface area (Å²) >= 11 is 0. The first-order chi connectivity index (χ1) is 8.47. The van der Waals surface area contributed by atoms with E-state index in [-0.39, 0.29) is 11.5 Å². The third kappa shape index (κ3) is 3.62. The molecule has 0 spiro atoms. The highest BCUT2D eigenvalue weighted by atomic mass is 16.6. The van der Waals surface area contributed by atoms with E-state index in [0.717, 1.165) is 0 Å². The Labute approximate surface area is 117 Å². The number of ether oxygens (including phenoxy) is 1. The van der Waals surface area contributed by atoms with Gasteiger partial charge in [-0.05, 0) is 32.6 Å². The Balaban J connectivity index is 2.77. The van der Waals surface area contributed by atoms with Gasteiger partial charge in [-0.3, -0.25) is 0 Å². The minimum Gasteiger partial charge on any atom is -0.444 e. The molecule has 1 heterocycles. The average molecular weight is 271 g/mol. The summed E-state index contributed by atoms with van der Waals surface area (Å²) < 4.78 is 5.38. The standard InChI is InChI=1S/C15H29NO3/c1-10(2)11(3)15(7)9-16(8-12(15)17)13(18)19-14(4,5)6/h10-12,17H,8-9H2,1-7H3/t11-,12+,15+/m0/s1. The molecule has 1 saturated heterocycles. The van der Waals surface area contributed by atoms with Crippen molar-refractivity contribution in [1.29, 1.82) is 0 Å². The highest BCUT2D eigenvalue weighted by molar-refractivity contribution is 5.68. The van der Waals surface area contributed by atoms with Crippen molar-refractivity contribution in [2.24, 2.45) is 17.3 Å². The Morgan fingerprint density at radius 3 is 2.32 bits per heavy atom. The topological polar surface area (TPSA) is 49.8 Å². The van der Waals surface area contributed by atoms with Crippen LogP contribution in [0.5, 0.6) is 0 Å². The number of nitrogens with zero attached hydrogens (tertiary/aromatic N) is 1. The smallest absolute Gasteiger partial charge is 0.410 e. The predicted octanol–water partition coefficient (Wildman–Crippen LogP) is 2.90. The molecule has 0 aromatic rings. The molecular weight excluding hydrogens is 242 g/mol. The van der Waals surface area contributed by atoms with Gasteiger partial charge in [-0.2, -0.15) is 0 Å². The molecule has 0 bridgehead atoms. The molecule has 19 heavy (non-hydrogen) atoms. The molecule has 4 heteroatoms. The van der Waals surface area contributed by atoms with E-state index in [1.807, 2.05) is 20.8 Å². The zero-order valence-corrected chi connectivity index (χ0v) is 13.4. The Morgan fingerprint density at radius 2 is 1.89 bits per heavy atom.